The van der Waals surface area contributed by atoms with Crippen molar-refractivity contribution in [2.45, 2.75) is 13.3 Å². The highest BCUT2D eigenvalue weighted by Gasteiger charge is 2.02. The molecular weight excluding hydrogens is 184 g/mol. The Morgan fingerprint density at radius 1 is 1.46 bits per heavy atom. The molecule has 0 aliphatic carbocycles. The Hall–Kier alpha value is -1.15. The van der Waals surface area contributed by atoms with Gasteiger partial charge >= 0.3 is 0 Å². The first kappa shape index (κ1) is 8.45. The third-order valence-electron chi connectivity index (χ3n) is 1.97. The van der Waals surface area contributed by atoms with Gasteiger partial charge in [0, 0.05) is 17.3 Å². The summed E-state index contributed by atoms with van der Waals surface area (Å²) in [5.74, 6) is 0. The van der Waals surface area contributed by atoms with Gasteiger partial charge in [-0.1, -0.05) is 18.5 Å². The van der Waals surface area contributed by atoms with Gasteiger partial charge in [-0.3, -0.25) is 4.98 Å². The maximum Gasteiger partial charge on any atom is 0.138 e. The summed E-state index contributed by atoms with van der Waals surface area (Å²) in [6.45, 7) is 2.05. The molecule has 0 saturated carbocycles. The Labute approximate surface area is 81.6 Å². The van der Waals surface area contributed by atoms with Crippen molar-refractivity contribution in [3.05, 3.63) is 35.2 Å². The van der Waals surface area contributed by atoms with E-state index in [1.807, 2.05) is 25.1 Å². The molecule has 0 amide bonds. The number of aromatic nitrogens is 2. The average Bonchev–Trinajstić information content (AvgIpc) is 2.18. The van der Waals surface area contributed by atoms with E-state index in [0.29, 0.717) is 5.15 Å². The predicted octanol–water partition coefficient (Wildman–Crippen LogP) is 2.85. The normalized spacial score (nSPS) is 10.6. The van der Waals surface area contributed by atoms with Crippen LogP contribution in [0.5, 0.6) is 0 Å². The van der Waals surface area contributed by atoms with Crippen LogP contribution >= 0.6 is 11.6 Å². The smallest absolute Gasteiger partial charge is 0.138 e. The van der Waals surface area contributed by atoms with Gasteiger partial charge < -0.3 is 0 Å². The lowest BCUT2D eigenvalue weighted by atomic mass is 10.2. The van der Waals surface area contributed by atoms with Crippen LogP contribution in [0.1, 0.15) is 12.6 Å². The quantitative estimate of drug-likeness (QED) is 0.650. The van der Waals surface area contributed by atoms with Crippen molar-refractivity contribution < 1.29 is 0 Å². The summed E-state index contributed by atoms with van der Waals surface area (Å²) in [7, 11) is 0. The summed E-state index contributed by atoms with van der Waals surface area (Å²) in [6.07, 6.45) is 2.64. The Morgan fingerprint density at radius 2 is 2.31 bits per heavy atom. The number of halogens is 1. The Bertz CT molecular complexity index is 440. The first-order valence-corrected chi connectivity index (χ1v) is 4.59. The molecule has 13 heavy (non-hydrogen) atoms. The third kappa shape index (κ3) is 1.49. The van der Waals surface area contributed by atoms with E-state index in [9.17, 15) is 0 Å². The molecule has 0 N–H and O–H groups in total. The van der Waals surface area contributed by atoms with E-state index in [-0.39, 0.29) is 0 Å². The van der Waals surface area contributed by atoms with E-state index in [0.717, 1.165) is 23.0 Å². The van der Waals surface area contributed by atoms with Crippen molar-refractivity contribution in [1.29, 1.82) is 0 Å². The van der Waals surface area contributed by atoms with Crippen LogP contribution in [0, 0.1) is 0 Å². The minimum Gasteiger partial charge on any atom is -0.256 e. The maximum absolute atomic E-state index is 5.99. The van der Waals surface area contributed by atoms with Crippen LogP contribution in [0.4, 0.5) is 0 Å². The van der Waals surface area contributed by atoms with Crippen LogP contribution in [0.25, 0.3) is 10.9 Å². The fraction of sp³-hybridized carbons (Fsp3) is 0.200. The lowest BCUT2D eigenvalue weighted by Gasteiger charge is -2.01. The van der Waals surface area contributed by atoms with Gasteiger partial charge in [0.2, 0.25) is 0 Å². The molecule has 2 nitrogen and oxygen atoms in total. The molecule has 3 heteroatoms. The molecule has 0 unspecified atom stereocenters. The summed E-state index contributed by atoms with van der Waals surface area (Å²) in [4.78, 5) is 8.47. The minimum absolute atomic E-state index is 0.544. The molecule has 0 radical (unpaired) electrons. The van der Waals surface area contributed by atoms with Crippen LogP contribution in [-0.4, -0.2) is 9.97 Å². The van der Waals surface area contributed by atoms with Crippen molar-refractivity contribution in [2.24, 2.45) is 0 Å². The Balaban J connectivity index is 2.77. The van der Waals surface area contributed by atoms with E-state index in [4.69, 9.17) is 11.6 Å². The molecule has 0 aliphatic rings. The molecule has 0 aromatic carbocycles. The highest BCUT2D eigenvalue weighted by atomic mass is 35.5. The molecule has 66 valence electrons. The summed E-state index contributed by atoms with van der Waals surface area (Å²) < 4.78 is 0. The average molecular weight is 193 g/mol. The molecule has 0 bridgehead atoms. The van der Waals surface area contributed by atoms with E-state index >= 15 is 0 Å². The second-order valence-electron chi connectivity index (χ2n) is 2.83. The van der Waals surface area contributed by atoms with Crippen LogP contribution in [-0.2, 0) is 6.42 Å². The highest BCUT2D eigenvalue weighted by Crippen LogP contribution is 2.20. The largest absolute Gasteiger partial charge is 0.256 e. The van der Waals surface area contributed by atoms with Crippen molar-refractivity contribution in [1.82, 2.24) is 9.97 Å². The number of hydrogen-bond acceptors (Lipinski definition) is 2. The van der Waals surface area contributed by atoms with Gasteiger partial charge in [0.05, 0.1) is 5.52 Å². The molecule has 2 aromatic rings. The Kier molecular flexibility index (Phi) is 2.15. The molecule has 0 aliphatic heterocycles. The molecule has 2 aromatic heterocycles. The standard InChI is InChI=1S/C10H9ClN2/c1-2-7-6-9-8(10(11)13-7)4-3-5-12-9/h3-6H,2H2,1H3. The van der Waals surface area contributed by atoms with E-state index in [1.165, 1.54) is 0 Å². The second kappa shape index (κ2) is 3.30. The van der Waals surface area contributed by atoms with Gasteiger partial charge in [-0.2, -0.15) is 0 Å². The van der Waals surface area contributed by atoms with Crippen molar-refractivity contribution in [3.8, 4) is 0 Å². The van der Waals surface area contributed by atoms with Crippen LogP contribution in [0.3, 0.4) is 0 Å². The molecule has 0 fully saturated rings. The van der Waals surface area contributed by atoms with Gasteiger partial charge in [-0.05, 0) is 24.6 Å². The Morgan fingerprint density at radius 3 is 3.08 bits per heavy atom. The maximum atomic E-state index is 5.99. The monoisotopic (exact) mass is 192 g/mol. The molecule has 0 atom stereocenters. The van der Waals surface area contributed by atoms with Gasteiger partial charge in [0.15, 0.2) is 0 Å². The summed E-state index contributed by atoms with van der Waals surface area (Å²) >= 11 is 5.99. The van der Waals surface area contributed by atoms with Crippen LogP contribution in [0.2, 0.25) is 5.15 Å². The molecule has 0 spiro atoms. The van der Waals surface area contributed by atoms with Crippen molar-refractivity contribution in [2.75, 3.05) is 0 Å². The lowest BCUT2D eigenvalue weighted by Crippen LogP contribution is -1.89. The fourth-order valence-corrected chi connectivity index (χ4v) is 1.53. The molecule has 0 saturated heterocycles. The van der Waals surface area contributed by atoms with Crippen molar-refractivity contribution >= 4 is 22.5 Å². The zero-order valence-electron chi connectivity index (χ0n) is 7.29. The summed E-state index contributed by atoms with van der Waals surface area (Å²) in [5.41, 5.74) is 1.90. The zero-order chi connectivity index (χ0) is 9.26. The topological polar surface area (TPSA) is 25.8 Å². The molecule has 2 heterocycles. The lowest BCUT2D eigenvalue weighted by molar-refractivity contribution is 1.04. The third-order valence-corrected chi connectivity index (χ3v) is 2.26. The van der Waals surface area contributed by atoms with E-state index in [2.05, 4.69) is 9.97 Å². The number of aryl methyl sites for hydroxylation is 1. The summed E-state index contributed by atoms with van der Waals surface area (Å²) in [6, 6.07) is 5.76. The first-order chi connectivity index (χ1) is 6.31. The summed E-state index contributed by atoms with van der Waals surface area (Å²) in [5, 5.41) is 1.46. The van der Waals surface area contributed by atoms with Gasteiger partial charge in [0.25, 0.3) is 0 Å². The number of hydrogen-bond donors (Lipinski definition) is 0. The molecular formula is C10H9ClN2. The van der Waals surface area contributed by atoms with E-state index < -0.39 is 0 Å². The number of fused-ring (bicyclic) bond motifs is 1. The van der Waals surface area contributed by atoms with E-state index in [1.54, 1.807) is 6.20 Å². The SMILES string of the molecule is CCc1cc2ncccc2c(Cl)n1. The van der Waals surface area contributed by atoms with Gasteiger partial charge in [-0.25, -0.2) is 4.98 Å². The number of nitrogens with zero attached hydrogens (tertiary/aromatic N) is 2. The number of pyridine rings is 2. The predicted molar refractivity (Wildman–Crippen MR) is 53.9 cm³/mol. The van der Waals surface area contributed by atoms with Crippen LogP contribution in [0.15, 0.2) is 24.4 Å². The highest BCUT2D eigenvalue weighted by molar-refractivity contribution is 6.34. The zero-order valence-corrected chi connectivity index (χ0v) is 8.04. The van der Waals surface area contributed by atoms with Gasteiger partial charge in [-0.15, -0.1) is 0 Å². The van der Waals surface area contributed by atoms with Crippen LogP contribution < -0.4 is 0 Å². The van der Waals surface area contributed by atoms with Crippen molar-refractivity contribution in [3.63, 3.8) is 0 Å². The minimum atomic E-state index is 0.544. The second-order valence-corrected chi connectivity index (χ2v) is 3.19. The number of rotatable bonds is 1. The first-order valence-electron chi connectivity index (χ1n) is 4.21. The molecule has 2 rings (SSSR count). The fourth-order valence-electron chi connectivity index (χ4n) is 1.26. The van der Waals surface area contributed by atoms with Gasteiger partial charge in [0.1, 0.15) is 5.15 Å².